The van der Waals surface area contributed by atoms with Crippen LogP contribution in [0.2, 0.25) is 0 Å². The highest BCUT2D eigenvalue weighted by molar-refractivity contribution is 9.10. The lowest BCUT2D eigenvalue weighted by molar-refractivity contribution is -0.139. The second-order valence-corrected chi connectivity index (χ2v) is 10.5. The lowest BCUT2D eigenvalue weighted by Crippen LogP contribution is -2.41. The fraction of sp³-hybridized carbons (Fsp3) is 0.259. The van der Waals surface area contributed by atoms with Crippen LogP contribution < -0.4 is 29.3 Å². The van der Waals surface area contributed by atoms with Gasteiger partial charge in [-0.05, 0) is 44.2 Å². The van der Waals surface area contributed by atoms with Crippen LogP contribution in [0.1, 0.15) is 31.0 Å². The van der Waals surface area contributed by atoms with E-state index < -0.39 is 17.6 Å². The number of benzene rings is 2. The number of ether oxygens (including phenoxy) is 3. The Morgan fingerprint density at radius 3 is 2.58 bits per heavy atom. The van der Waals surface area contributed by atoms with Crippen molar-refractivity contribution in [3.63, 3.8) is 0 Å². The molecule has 3 aromatic rings. The van der Waals surface area contributed by atoms with Crippen molar-refractivity contribution in [2.24, 2.45) is 4.99 Å². The lowest BCUT2D eigenvalue weighted by atomic mass is 9.95. The van der Waals surface area contributed by atoms with E-state index in [2.05, 4.69) is 20.9 Å². The first kappa shape index (κ1) is 25.9. The number of esters is 1. The average molecular weight is 598 g/mol. The highest BCUT2D eigenvalue weighted by atomic mass is 79.9. The van der Waals surface area contributed by atoms with Crippen LogP contribution in [0, 0.1) is 0 Å². The molecular weight excluding hydrogens is 574 g/mol. The topological polar surface area (TPSA) is 99.4 Å². The van der Waals surface area contributed by atoms with Crippen LogP contribution >= 0.6 is 27.3 Å². The molecule has 2 aliphatic rings. The molecule has 0 spiro atoms. The third-order valence-electron chi connectivity index (χ3n) is 6.56. The number of fused-ring (bicyclic) bond motifs is 2. The molecule has 0 N–H and O–H groups in total. The van der Waals surface area contributed by atoms with Gasteiger partial charge in [0.1, 0.15) is 22.1 Å². The fourth-order valence-corrected chi connectivity index (χ4v) is 6.29. The van der Waals surface area contributed by atoms with Crippen molar-refractivity contribution in [2.75, 3.05) is 32.8 Å². The first-order valence-corrected chi connectivity index (χ1v) is 13.3. The van der Waals surface area contributed by atoms with Crippen LogP contribution in [0.4, 0.5) is 5.69 Å². The number of hydrogen-bond acceptors (Lipinski definition) is 8. The normalized spacial score (nSPS) is 17.7. The largest absolute Gasteiger partial charge is 0.497 e. The number of carbonyl (C=O) groups is 2. The lowest BCUT2D eigenvalue weighted by Gasteiger charge is -2.26. The fourth-order valence-electron chi connectivity index (χ4n) is 4.79. The molecule has 196 valence electrons. The number of allylic oxidation sites excluding steroid dienone is 1. The summed E-state index contributed by atoms with van der Waals surface area (Å²) in [5.41, 5.74) is 2.41. The van der Waals surface area contributed by atoms with Crippen LogP contribution in [-0.2, 0) is 14.3 Å². The van der Waals surface area contributed by atoms with Gasteiger partial charge in [0, 0.05) is 28.7 Å². The number of likely N-dealkylation sites (N-methyl/N-ethyl adjacent to an activating group) is 1. The number of thiazole rings is 1. The third-order valence-corrected chi connectivity index (χ3v) is 8.11. The number of aromatic nitrogens is 1. The molecular formula is C27H24BrN3O6S. The van der Waals surface area contributed by atoms with Crippen molar-refractivity contribution in [1.29, 1.82) is 0 Å². The molecule has 3 heterocycles. The predicted molar refractivity (Wildman–Crippen MR) is 146 cm³/mol. The molecule has 38 heavy (non-hydrogen) atoms. The van der Waals surface area contributed by atoms with E-state index in [1.54, 1.807) is 46.2 Å². The van der Waals surface area contributed by atoms with E-state index in [4.69, 9.17) is 14.2 Å². The van der Waals surface area contributed by atoms with Crippen LogP contribution in [0.15, 0.2) is 61.9 Å². The maximum absolute atomic E-state index is 14.2. The second-order valence-electron chi connectivity index (χ2n) is 8.63. The molecule has 0 unspecified atom stereocenters. The Bertz CT molecular complexity index is 1720. The van der Waals surface area contributed by atoms with Gasteiger partial charge in [-0.1, -0.05) is 27.3 Å². The number of anilines is 1. The van der Waals surface area contributed by atoms with Crippen LogP contribution in [-0.4, -0.2) is 44.3 Å². The zero-order chi connectivity index (χ0) is 27.3. The standard InChI is InChI=1S/C27H24BrN3O6S/c1-6-37-26(34)20-13(2)29-27-31(22(20)16-9-8-15(35-4)12-19(16)36-5)25(33)23(38-27)21-17-11-14(28)7-10-18(17)30(3)24(21)32/h7-12,22H,6H2,1-5H3/b23-21-/t22-/m0/s1. The number of hydrogen-bond donors (Lipinski definition) is 0. The molecule has 0 saturated heterocycles. The van der Waals surface area contributed by atoms with E-state index >= 15 is 0 Å². The van der Waals surface area contributed by atoms with Crippen molar-refractivity contribution >= 4 is 50.4 Å². The summed E-state index contributed by atoms with van der Waals surface area (Å²) in [4.78, 5) is 47.2. The first-order valence-electron chi connectivity index (χ1n) is 11.7. The van der Waals surface area contributed by atoms with E-state index in [1.807, 2.05) is 18.2 Å². The van der Waals surface area contributed by atoms with Gasteiger partial charge in [0.15, 0.2) is 4.80 Å². The molecule has 0 saturated carbocycles. The number of halogens is 1. The van der Waals surface area contributed by atoms with Gasteiger partial charge in [-0.3, -0.25) is 14.2 Å². The van der Waals surface area contributed by atoms with Crippen molar-refractivity contribution in [3.8, 4) is 11.5 Å². The van der Waals surface area contributed by atoms with E-state index in [9.17, 15) is 14.4 Å². The molecule has 5 rings (SSSR count). The van der Waals surface area contributed by atoms with E-state index in [-0.39, 0.29) is 22.6 Å². The van der Waals surface area contributed by atoms with Gasteiger partial charge in [0.25, 0.3) is 11.5 Å². The third kappa shape index (κ3) is 3.97. The summed E-state index contributed by atoms with van der Waals surface area (Å²) in [5.74, 6) is 0.110. The highest BCUT2D eigenvalue weighted by Gasteiger charge is 2.37. The summed E-state index contributed by atoms with van der Waals surface area (Å²) < 4.78 is 18.8. The maximum Gasteiger partial charge on any atom is 0.338 e. The van der Waals surface area contributed by atoms with E-state index in [0.717, 1.165) is 15.8 Å². The summed E-state index contributed by atoms with van der Waals surface area (Å²) in [5, 5.41) is 0. The Morgan fingerprint density at radius 2 is 1.89 bits per heavy atom. The number of nitrogens with zero attached hydrogens (tertiary/aromatic N) is 3. The minimum Gasteiger partial charge on any atom is -0.497 e. The maximum atomic E-state index is 14.2. The van der Waals surface area contributed by atoms with E-state index in [1.165, 1.54) is 16.6 Å². The molecule has 0 radical (unpaired) electrons. The minimum atomic E-state index is -0.892. The van der Waals surface area contributed by atoms with Gasteiger partial charge in [0.05, 0.1) is 43.4 Å². The zero-order valence-electron chi connectivity index (χ0n) is 21.3. The van der Waals surface area contributed by atoms with Gasteiger partial charge in [-0.25, -0.2) is 9.79 Å². The Kier molecular flexibility index (Phi) is 6.74. The Labute approximate surface area is 230 Å². The average Bonchev–Trinajstić information content (AvgIpc) is 3.34. The summed E-state index contributed by atoms with van der Waals surface area (Å²) in [7, 11) is 4.72. The van der Waals surface area contributed by atoms with Crippen molar-refractivity contribution in [3.05, 3.63) is 83.0 Å². The van der Waals surface area contributed by atoms with Crippen molar-refractivity contribution in [2.45, 2.75) is 19.9 Å². The summed E-state index contributed by atoms with van der Waals surface area (Å²) in [6.45, 7) is 3.57. The van der Waals surface area contributed by atoms with Crippen LogP contribution in [0.3, 0.4) is 0 Å². The first-order chi connectivity index (χ1) is 18.2. The van der Waals surface area contributed by atoms with Crippen LogP contribution in [0.25, 0.3) is 5.57 Å². The molecule has 1 amide bonds. The quantitative estimate of drug-likeness (QED) is 0.419. The minimum absolute atomic E-state index is 0.156. The Balaban J connectivity index is 1.86. The van der Waals surface area contributed by atoms with Gasteiger partial charge in [-0.2, -0.15) is 0 Å². The van der Waals surface area contributed by atoms with Crippen molar-refractivity contribution < 1.29 is 23.8 Å². The van der Waals surface area contributed by atoms with Gasteiger partial charge in [0.2, 0.25) is 0 Å². The SMILES string of the molecule is CCOC(=O)C1=C(C)N=c2s/c(=C3\C(=O)N(C)c4ccc(Br)cc43)c(=O)n2[C@H]1c1ccc(OC)cc1OC. The summed E-state index contributed by atoms with van der Waals surface area (Å²) >= 11 is 4.59. The van der Waals surface area contributed by atoms with Gasteiger partial charge >= 0.3 is 5.97 Å². The predicted octanol–water partition coefficient (Wildman–Crippen LogP) is 2.92. The Morgan fingerprint density at radius 1 is 1.13 bits per heavy atom. The molecule has 0 aliphatic carbocycles. The number of methoxy groups -OCH3 is 2. The van der Waals surface area contributed by atoms with Gasteiger partial charge < -0.3 is 19.1 Å². The molecule has 2 aliphatic heterocycles. The van der Waals surface area contributed by atoms with E-state index in [0.29, 0.717) is 44.4 Å². The van der Waals surface area contributed by atoms with Crippen LogP contribution in [0.5, 0.6) is 11.5 Å². The monoisotopic (exact) mass is 597 g/mol. The molecule has 1 atom stereocenters. The second kappa shape index (κ2) is 9.88. The summed E-state index contributed by atoms with van der Waals surface area (Å²) in [6.07, 6.45) is 0. The number of amides is 1. The van der Waals surface area contributed by atoms with Gasteiger partial charge in [-0.15, -0.1) is 0 Å². The molecule has 9 nitrogen and oxygen atoms in total. The summed E-state index contributed by atoms with van der Waals surface area (Å²) in [6, 6.07) is 9.78. The molecule has 11 heteroatoms. The molecule has 1 aromatic heterocycles. The molecule has 0 fully saturated rings. The molecule has 2 aromatic carbocycles. The number of rotatable bonds is 5. The Hall–Kier alpha value is -3.70. The number of carbonyl (C=O) groups excluding carboxylic acids is 2. The smallest absolute Gasteiger partial charge is 0.338 e. The molecule has 0 bridgehead atoms. The van der Waals surface area contributed by atoms with Crippen molar-refractivity contribution in [1.82, 2.24) is 4.57 Å². The zero-order valence-corrected chi connectivity index (χ0v) is 23.7. The highest BCUT2D eigenvalue weighted by Crippen LogP contribution is 2.39.